The normalized spacial score (nSPS) is 7.64. The van der Waals surface area contributed by atoms with Crippen molar-refractivity contribution >= 4 is 73.5 Å². The van der Waals surface area contributed by atoms with Crippen LogP contribution in [0.3, 0.4) is 0 Å². The van der Waals surface area contributed by atoms with Gasteiger partial charge in [0.05, 0.1) is 10.5 Å². The van der Waals surface area contributed by atoms with Gasteiger partial charge in [0.1, 0.15) is 0 Å². The molecule has 0 rings (SSSR count). The summed E-state index contributed by atoms with van der Waals surface area (Å²) in [5.74, 6) is 0. The molecule has 0 aliphatic heterocycles. The summed E-state index contributed by atoms with van der Waals surface area (Å²) in [4.78, 5) is 20.1. The molecule has 58 valence electrons. The van der Waals surface area contributed by atoms with E-state index in [2.05, 4.69) is 35.9 Å². The van der Waals surface area contributed by atoms with Gasteiger partial charge in [-0.1, -0.05) is 0 Å². The summed E-state index contributed by atoms with van der Waals surface area (Å²) in [5, 5.41) is 3.57. The Morgan fingerprint density at radius 1 is 1.00 bits per heavy atom. The topological polar surface area (TPSA) is 58.2 Å². The van der Waals surface area contributed by atoms with Gasteiger partial charge < -0.3 is 45.5 Å². The Labute approximate surface area is 106 Å². The van der Waals surface area contributed by atoms with Crippen molar-refractivity contribution in [3.63, 3.8) is 0 Å². The molecule has 0 radical (unpaired) electrons. The van der Waals surface area contributed by atoms with Crippen molar-refractivity contribution in [1.82, 2.24) is 10.6 Å². The average molecular weight is 218 g/mol. The van der Waals surface area contributed by atoms with Crippen LogP contribution in [-0.4, -0.2) is 61.3 Å². The third kappa shape index (κ3) is 13.6. The molecule has 2 amide bonds. The van der Waals surface area contributed by atoms with Crippen LogP contribution in [-0.2, 0) is 25.3 Å². The fourth-order valence-corrected chi connectivity index (χ4v) is 0.533. The van der Waals surface area contributed by atoms with E-state index in [0.717, 1.165) is 0 Å². The summed E-state index contributed by atoms with van der Waals surface area (Å²) < 4.78 is 0. The fraction of sp³-hybridized carbons (Fsp3) is 0.500. The summed E-state index contributed by atoms with van der Waals surface area (Å²) >= 11 is 8.34. The SMILES string of the molecule is O=C([S-])NCCNC(=O)[S-].[Ca+2]. The molecule has 0 spiro atoms. The molecule has 0 unspecified atom stereocenters. The molecular formula is C4H6CaN2O2S2. The Kier molecular flexibility index (Phi) is 11.3. The molecule has 7 heteroatoms. The van der Waals surface area contributed by atoms with Gasteiger partial charge in [-0.25, -0.2) is 0 Å². The van der Waals surface area contributed by atoms with Gasteiger partial charge in [-0.2, -0.15) is 0 Å². The molecule has 0 atom stereocenters. The van der Waals surface area contributed by atoms with E-state index >= 15 is 0 Å². The number of nitrogens with one attached hydrogen (secondary N) is 2. The minimum absolute atomic E-state index is 0. The van der Waals surface area contributed by atoms with E-state index in [4.69, 9.17) is 0 Å². The molecule has 0 fully saturated rings. The number of carbonyl (C=O) groups excluding carboxylic acids is 2. The zero-order valence-electron chi connectivity index (χ0n) is 5.75. The fourth-order valence-electron chi connectivity index (χ4n) is 0.329. The Morgan fingerprint density at radius 3 is 1.45 bits per heavy atom. The van der Waals surface area contributed by atoms with Crippen LogP contribution in [0, 0.1) is 0 Å². The van der Waals surface area contributed by atoms with E-state index in [9.17, 15) is 9.59 Å². The van der Waals surface area contributed by atoms with Crippen LogP contribution in [0.25, 0.3) is 0 Å². The first-order valence-electron chi connectivity index (χ1n) is 2.52. The molecular weight excluding hydrogens is 212 g/mol. The maximum atomic E-state index is 10.1. The zero-order chi connectivity index (χ0) is 7.98. The molecule has 4 nitrogen and oxygen atoms in total. The average Bonchev–Trinajstić information content (AvgIpc) is 1.79. The molecule has 0 bridgehead atoms. The first kappa shape index (κ1) is 14.2. The van der Waals surface area contributed by atoms with Gasteiger partial charge in [-0.05, 0) is 0 Å². The van der Waals surface area contributed by atoms with Crippen LogP contribution in [0.1, 0.15) is 0 Å². The van der Waals surface area contributed by atoms with Gasteiger partial charge >= 0.3 is 37.7 Å². The number of hydrogen-bond donors (Lipinski definition) is 2. The second-order valence-corrected chi connectivity index (χ2v) is 2.17. The third-order valence-electron chi connectivity index (χ3n) is 0.664. The molecule has 0 aromatic rings. The molecule has 11 heavy (non-hydrogen) atoms. The van der Waals surface area contributed by atoms with E-state index in [1.165, 1.54) is 0 Å². The summed E-state index contributed by atoms with van der Waals surface area (Å²) in [6.07, 6.45) is 0. The van der Waals surface area contributed by atoms with Crippen LogP contribution < -0.4 is 10.6 Å². The van der Waals surface area contributed by atoms with Crippen LogP contribution in [0.5, 0.6) is 0 Å². The van der Waals surface area contributed by atoms with E-state index in [1.807, 2.05) is 0 Å². The van der Waals surface area contributed by atoms with Crippen molar-refractivity contribution in [2.24, 2.45) is 0 Å². The molecule has 0 aliphatic carbocycles. The molecule has 0 saturated carbocycles. The Balaban J connectivity index is 0. The van der Waals surface area contributed by atoms with E-state index in [-0.39, 0.29) is 37.7 Å². The maximum Gasteiger partial charge on any atom is 2.00 e. The molecule has 0 aliphatic rings. The second kappa shape index (κ2) is 8.73. The number of rotatable bonds is 3. The van der Waals surface area contributed by atoms with Crippen LogP contribution in [0.15, 0.2) is 0 Å². The maximum absolute atomic E-state index is 10.1. The molecule has 2 N–H and O–H groups in total. The van der Waals surface area contributed by atoms with Crippen molar-refractivity contribution in [2.45, 2.75) is 0 Å². The summed E-state index contributed by atoms with van der Waals surface area (Å²) in [6, 6.07) is 0. The van der Waals surface area contributed by atoms with Crippen molar-refractivity contribution < 1.29 is 9.59 Å². The standard InChI is InChI=1S/C4H8N2O2S2.Ca/c7-3(9)5-1-2-6-4(8)10;/h1-2H2,(H2,5,7,9)(H2,6,8,10);/q;+2/p-2. The number of carbonyl (C=O) groups is 2. The van der Waals surface area contributed by atoms with Gasteiger partial charge in [0.2, 0.25) is 0 Å². The predicted molar refractivity (Wildman–Crippen MR) is 47.3 cm³/mol. The van der Waals surface area contributed by atoms with Crippen LogP contribution in [0.2, 0.25) is 0 Å². The monoisotopic (exact) mass is 218 g/mol. The van der Waals surface area contributed by atoms with Gasteiger partial charge in [0, 0.05) is 13.1 Å². The Morgan fingerprint density at radius 2 is 1.27 bits per heavy atom. The number of amides is 2. The summed E-state index contributed by atoms with van der Waals surface area (Å²) in [6.45, 7) is 0.648. The zero-order valence-corrected chi connectivity index (χ0v) is 9.60. The van der Waals surface area contributed by atoms with Crippen LogP contribution >= 0.6 is 0 Å². The Hall–Kier alpha value is 0.640. The summed E-state index contributed by atoms with van der Waals surface area (Å²) in [7, 11) is 0. The second-order valence-electron chi connectivity index (χ2n) is 1.43. The first-order chi connectivity index (χ1) is 4.63. The first-order valence-corrected chi connectivity index (χ1v) is 3.34. The van der Waals surface area contributed by atoms with Crippen molar-refractivity contribution in [2.75, 3.05) is 13.1 Å². The quantitative estimate of drug-likeness (QED) is 0.367. The number of hydrogen-bond acceptors (Lipinski definition) is 4. The largest absolute Gasteiger partial charge is 2.00 e. The van der Waals surface area contributed by atoms with Crippen molar-refractivity contribution in [3.8, 4) is 0 Å². The molecule has 0 heterocycles. The van der Waals surface area contributed by atoms with Crippen molar-refractivity contribution in [1.29, 1.82) is 0 Å². The molecule has 0 aromatic carbocycles. The molecule has 0 saturated heterocycles. The minimum Gasteiger partial charge on any atom is -0.719 e. The predicted octanol–water partition coefficient (Wildman–Crippen LogP) is -0.881. The van der Waals surface area contributed by atoms with Gasteiger partial charge in [-0.15, -0.1) is 0 Å². The molecule has 0 aromatic heterocycles. The third-order valence-corrected chi connectivity index (χ3v) is 0.952. The van der Waals surface area contributed by atoms with Gasteiger partial charge in [0.25, 0.3) is 0 Å². The van der Waals surface area contributed by atoms with Crippen molar-refractivity contribution in [3.05, 3.63) is 0 Å². The van der Waals surface area contributed by atoms with Crippen LogP contribution in [0.4, 0.5) is 9.59 Å². The van der Waals surface area contributed by atoms with Gasteiger partial charge in [0.15, 0.2) is 0 Å². The van der Waals surface area contributed by atoms with E-state index in [0.29, 0.717) is 13.1 Å². The summed E-state index contributed by atoms with van der Waals surface area (Å²) in [5.41, 5.74) is 0. The smallest absolute Gasteiger partial charge is 0.719 e. The van der Waals surface area contributed by atoms with E-state index in [1.54, 1.807) is 0 Å². The minimum atomic E-state index is -0.529. The Bertz CT molecular complexity index is 128. The van der Waals surface area contributed by atoms with E-state index < -0.39 is 10.5 Å². The van der Waals surface area contributed by atoms with Gasteiger partial charge in [-0.3, -0.25) is 0 Å².